The van der Waals surface area contributed by atoms with Crippen molar-refractivity contribution in [2.75, 3.05) is 12.4 Å². The lowest BCUT2D eigenvalue weighted by Gasteiger charge is -2.27. The van der Waals surface area contributed by atoms with Gasteiger partial charge in [-0.05, 0) is 44.7 Å². The van der Waals surface area contributed by atoms with E-state index in [2.05, 4.69) is 30.0 Å². The zero-order valence-corrected chi connectivity index (χ0v) is 18.9. The second kappa shape index (κ2) is 9.47. The SMILES string of the molecule is COc1nc(NCc2c(-c3ccc(O[C@H]4CCC[C@H](C(=O)O)C4)c(C)n3)nnn2C)ns1. The Labute approximate surface area is 189 Å². The molecule has 3 heterocycles. The van der Waals surface area contributed by atoms with E-state index in [0.29, 0.717) is 47.7 Å². The van der Waals surface area contributed by atoms with Crippen molar-refractivity contribution in [3.8, 4) is 22.3 Å². The van der Waals surface area contributed by atoms with Crippen molar-refractivity contribution in [2.24, 2.45) is 13.0 Å². The number of anilines is 1. The van der Waals surface area contributed by atoms with Crippen LogP contribution in [-0.2, 0) is 18.4 Å². The predicted octanol–water partition coefficient (Wildman–Crippen LogP) is 2.68. The maximum absolute atomic E-state index is 11.3. The highest BCUT2D eigenvalue weighted by atomic mass is 32.1. The van der Waals surface area contributed by atoms with Crippen molar-refractivity contribution in [3.63, 3.8) is 0 Å². The smallest absolute Gasteiger partial charge is 0.306 e. The number of hydrogen-bond acceptors (Lipinski definition) is 10. The number of hydrogen-bond donors (Lipinski definition) is 2. The Hall–Kier alpha value is -3.28. The van der Waals surface area contributed by atoms with E-state index in [1.54, 1.807) is 11.8 Å². The third-order valence-corrected chi connectivity index (χ3v) is 6.17. The van der Waals surface area contributed by atoms with E-state index >= 15 is 0 Å². The molecule has 2 N–H and O–H groups in total. The van der Waals surface area contributed by atoms with Crippen molar-refractivity contribution in [3.05, 3.63) is 23.5 Å². The highest BCUT2D eigenvalue weighted by molar-refractivity contribution is 7.07. The standard InChI is InChI=1S/C20H25N7O4S/c1-11-16(31-13-6-4-5-12(9-13)18(28)29)8-7-14(22-11)17-15(27(2)26-24-17)10-21-19-23-20(30-3)32-25-19/h7-8,12-13H,4-6,9-10H2,1-3H3,(H,21,25)(H,28,29)/t12-,13-/m0/s1. The molecule has 0 amide bonds. The summed E-state index contributed by atoms with van der Waals surface area (Å²) in [7, 11) is 3.36. The summed E-state index contributed by atoms with van der Waals surface area (Å²) in [5, 5.41) is 21.3. The molecule has 2 atom stereocenters. The first-order valence-corrected chi connectivity index (χ1v) is 11.1. The van der Waals surface area contributed by atoms with E-state index in [9.17, 15) is 9.90 Å². The number of pyridine rings is 1. The quantitative estimate of drug-likeness (QED) is 0.517. The Balaban J connectivity index is 1.47. The van der Waals surface area contributed by atoms with Crippen LogP contribution in [0.4, 0.5) is 5.95 Å². The average molecular weight is 460 g/mol. The molecule has 0 saturated heterocycles. The van der Waals surface area contributed by atoms with Crippen LogP contribution >= 0.6 is 11.5 Å². The number of rotatable bonds is 8. The molecule has 0 aliphatic heterocycles. The molecule has 3 aromatic rings. The van der Waals surface area contributed by atoms with Gasteiger partial charge in [-0.3, -0.25) is 4.79 Å². The molecule has 1 fully saturated rings. The first kappa shape index (κ1) is 21.9. The molecular weight excluding hydrogens is 434 g/mol. The molecule has 32 heavy (non-hydrogen) atoms. The molecule has 11 nitrogen and oxygen atoms in total. The summed E-state index contributed by atoms with van der Waals surface area (Å²) in [5.74, 6) is 0.0350. The highest BCUT2D eigenvalue weighted by Gasteiger charge is 2.28. The summed E-state index contributed by atoms with van der Waals surface area (Å²) in [5.41, 5.74) is 2.88. The fourth-order valence-corrected chi connectivity index (χ4v) is 4.23. The number of ether oxygens (including phenoxy) is 2. The topological polar surface area (TPSA) is 137 Å². The van der Waals surface area contributed by atoms with Gasteiger partial charge in [0.2, 0.25) is 5.95 Å². The van der Waals surface area contributed by atoms with Gasteiger partial charge in [0, 0.05) is 18.6 Å². The second-order valence-electron chi connectivity index (χ2n) is 7.67. The summed E-state index contributed by atoms with van der Waals surface area (Å²) in [6, 6.07) is 3.71. The minimum absolute atomic E-state index is 0.116. The number of aryl methyl sites for hydroxylation is 2. The van der Waals surface area contributed by atoms with Gasteiger partial charge in [-0.1, -0.05) is 5.21 Å². The Morgan fingerprint density at radius 1 is 1.34 bits per heavy atom. The molecule has 12 heteroatoms. The molecule has 1 aliphatic carbocycles. The predicted molar refractivity (Wildman–Crippen MR) is 117 cm³/mol. The lowest BCUT2D eigenvalue weighted by molar-refractivity contribution is -0.143. The fourth-order valence-electron chi connectivity index (χ4n) is 3.76. The molecule has 0 unspecified atom stereocenters. The fraction of sp³-hybridized carbons (Fsp3) is 0.500. The van der Waals surface area contributed by atoms with Crippen LogP contribution in [0.15, 0.2) is 12.1 Å². The highest BCUT2D eigenvalue weighted by Crippen LogP contribution is 2.30. The van der Waals surface area contributed by atoms with E-state index in [1.807, 2.05) is 26.1 Å². The van der Waals surface area contributed by atoms with Gasteiger partial charge >= 0.3 is 5.97 Å². The maximum Gasteiger partial charge on any atom is 0.306 e. The van der Waals surface area contributed by atoms with Crippen LogP contribution in [0.2, 0.25) is 0 Å². The van der Waals surface area contributed by atoms with E-state index < -0.39 is 5.97 Å². The largest absolute Gasteiger partial charge is 0.489 e. The average Bonchev–Trinajstić information content (AvgIpc) is 3.40. The van der Waals surface area contributed by atoms with Crippen molar-refractivity contribution in [2.45, 2.75) is 45.3 Å². The minimum Gasteiger partial charge on any atom is -0.489 e. The van der Waals surface area contributed by atoms with Crippen LogP contribution < -0.4 is 14.8 Å². The van der Waals surface area contributed by atoms with Gasteiger partial charge in [-0.25, -0.2) is 9.67 Å². The van der Waals surface area contributed by atoms with Crippen LogP contribution in [0, 0.1) is 12.8 Å². The number of carboxylic acids is 1. The summed E-state index contributed by atoms with van der Waals surface area (Å²) in [4.78, 5) is 20.2. The van der Waals surface area contributed by atoms with Crippen molar-refractivity contribution in [1.82, 2.24) is 29.3 Å². The number of methoxy groups -OCH3 is 1. The minimum atomic E-state index is -0.751. The lowest BCUT2D eigenvalue weighted by atomic mass is 9.87. The summed E-state index contributed by atoms with van der Waals surface area (Å²) in [6.45, 7) is 2.28. The van der Waals surface area contributed by atoms with E-state index in [4.69, 9.17) is 9.47 Å². The van der Waals surface area contributed by atoms with Gasteiger partial charge in [-0.2, -0.15) is 4.98 Å². The summed E-state index contributed by atoms with van der Waals surface area (Å²) >= 11 is 1.17. The lowest BCUT2D eigenvalue weighted by Crippen LogP contribution is -2.29. The van der Waals surface area contributed by atoms with Crippen LogP contribution in [0.1, 0.15) is 37.1 Å². The van der Waals surface area contributed by atoms with Crippen LogP contribution in [0.25, 0.3) is 11.4 Å². The normalized spacial score (nSPS) is 18.3. The summed E-state index contributed by atoms with van der Waals surface area (Å²) < 4.78 is 17.0. The third-order valence-electron chi connectivity index (χ3n) is 5.49. The molecular formula is C20H25N7O4S. The van der Waals surface area contributed by atoms with Crippen LogP contribution in [-0.4, -0.2) is 53.6 Å². The monoisotopic (exact) mass is 459 g/mol. The maximum atomic E-state index is 11.3. The second-order valence-corrected chi connectivity index (χ2v) is 8.39. The molecule has 0 bridgehead atoms. The zero-order valence-electron chi connectivity index (χ0n) is 18.1. The Morgan fingerprint density at radius 3 is 2.91 bits per heavy atom. The summed E-state index contributed by atoms with van der Waals surface area (Å²) in [6.07, 6.45) is 2.81. The van der Waals surface area contributed by atoms with E-state index in [0.717, 1.165) is 24.2 Å². The van der Waals surface area contributed by atoms with Gasteiger partial charge in [0.05, 0.1) is 42.8 Å². The first-order chi connectivity index (χ1) is 15.4. The van der Waals surface area contributed by atoms with Crippen molar-refractivity contribution >= 4 is 23.5 Å². The van der Waals surface area contributed by atoms with E-state index in [1.165, 1.54) is 11.5 Å². The Bertz CT molecular complexity index is 1100. The number of aliphatic carboxylic acids is 1. The van der Waals surface area contributed by atoms with Gasteiger partial charge in [0.15, 0.2) is 0 Å². The van der Waals surface area contributed by atoms with Gasteiger partial charge in [0.25, 0.3) is 5.19 Å². The number of nitrogens with zero attached hydrogens (tertiary/aromatic N) is 6. The van der Waals surface area contributed by atoms with Gasteiger partial charge in [-0.15, -0.1) is 9.47 Å². The van der Waals surface area contributed by atoms with Crippen molar-refractivity contribution < 1.29 is 19.4 Å². The first-order valence-electron chi connectivity index (χ1n) is 10.3. The Kier molecular flexibility index (Phi) is 6.49. The third kappa shape index (κ3) is 4.79. The number of carbonyl (C=O) groups is 1. The number of nitrogens with one attached hydrogen (secondary N) is 1. The van der Waals surface area contributed by atoms with Gasteiger partial charge < -0.3 is 19.9 Å². The number of aromatic nitrogens is 6. The molecule has 4 rings (SSSR count). The molecule has 1 aliphatic rings. The molecule has 1 saturated carbocycles. The molecule has 0 spiro atoms. The Morgan fingerprint density at radius 2 is 2.19 bits per heavy atom. The number of carboxylic acid groups (broad SMARTS) is 1. The molecule has 0 radical (unpaired) electrons. The van der Waals surface area contributed by atoms with Crippen LogP contribution in [0.5, 0.6) is 10.9 Å². The molecule has 170 valence electrons. The van der Waals surface area contributed by atoms with E-state index in [-0.39, 0.29) is 12.0 Å². The van der Waals surface area contributed by atoms with Crippen molar-refractivity contribution in [1.29, 1.82) is 0 Å². The van der Waals surface area contributed by atoms with Gasteiger partial charge in [0.1, 0.15) is 11.4 Å². The van der Waals surface area contributed by atoms with Crippen LogP contribution in [0.3, 0.4) is 0 Å². The zero-order chi connectivity index (χ0) is 22.7. The molecule has 3 aromatic heterocycles. The molecule has 0 aromatic carbocycles.